The molecule has 0 saturated heterocycles. The first-order valence-corrected chi connectivity index (χ1v) is 11.6. The number of nitrogens with one attached hydrogen (secondary N) is 2. The van der Waals surface area contributed by atoms with Gasteiger partial charge in [-0.3, -0.25) is 4.79 Å². The maximum Gasteiger partial charge on any atom is 0.291 e. The molecule has 0 aliphatic heterocycles. The largest absolute Gasteiger partial charge is 0.493 e. The standard InChI is InChI=1S/C26H27N3O4S/c1-15-10-11-27-22(13-15)28-24(18-8-9-19(31-4)21(14-18)32-5)23-16(2)17(3)34-26(23)29-25(30)20-7-6-12-33-20/h6-14,24H,1-5H3,(H,27,28)(H,29,30). The van der Waals surface area contributed by atoms with Gasteiger partial charge < -0.3 is 24.5 Å². The predicted octanol–water partition coefficient (Wildman–Crippen LogP) is 6.13. The molecular formula is C26H27N3O4S. The molecule has 0 spiro atoms. The van der Waals surface area contributed by atoms with Crippen molar-refractivity contribution in [3.05, 3.63) is 87.8 Å². The van der Waals surface area contributed by atoms with Gasteiger partial charge in [0.2, 0.25) is 0 Å². The van der Waals surface area contributed by atoms with E-state index in [-0.39, 0.29) is 17.7 Å². The second-order valence-corrected chi connectivity index (χ2v) is 9.09. The highest BCUT2D eigenvalue weighted by Gasteiger charge is 2.26. The molecule has 4 rings (SSSR count). The van der Waals surface area contributed by atoms with Crippen LogP contribution in [0.2, 0.25) is 0 Å². The molecule has 1 aromatic carbocycles. The minimum Gasteiger partial charge on any atom is -0.493 e. The molecular weight excluding hydrogens is 450 g/mol. The first-order valence-electron chi connectivity index (χ1n) is 10.8. The van der Waals surface area contributed by atoms with Gasteiger partial charge in [0.25, 0.3) is 5.91 Å². The number of carbonyl (C=O) groups excluding carboxylic acids is 1. The second-order valence-electron chi connectivity index (χ2n) is 7.87. The van der Waals surface area contributed by atoms with Crippen molar-refractivity contribution in [2.75, 3.05) is 24.9 Å². The number of benzene rings is 1. The zero-order valence-corrected chi connectivity index (χ0v) is 20.6. The van der Waals surface area contributed by atoms with E-state index < -0.39 is 0 Å². The van der Waals surface area contributed by atoms with Crippen molar-refractivity contribution < 1.29 is 18.7 Å². The molecule has 2 N–H and O–H groups in total. The summed E-state index contributed by atoms with van der Waals surface area (Å²) in [5.74, 6) is 1.95. The molecule has 0 saturated carbocycles. The molecule has 176 valence electrons. The van der Waals surface area contributed by atoms with Gasteiger partial charge in [0, 0.05) is 16.6 Å². The Kier molecular flexibility index (Phi) is 6.88. The Hall–Kier alpha value is -3.78. The minimum atomic E-state index is -0.314. The summed E-state index contributed by atoms with van der Waals surface area (Å²) in [4.78, 5) is 18.4. The maximum absolute atomic E-state index is 12.8. The summed E-state index contributed by atoms with van der Waals surface area (Å²) in [7, 11) is 3.22. The van der Waals surface area contributed by atoms with E-state index in [1.165, 1.54) is 17.6 Å². The Labute approximate surface area is 202 Å². The highest BCUT2D eigenvalue weighted by molar-refractivity contribution is 7.16. The monoisotopic (exact) mass is 477 g/mol. The van der Waals surface area contributed by atoms with Crippen molar-refractivity contribution in [1.82, 2.24) is 4.98 Å². The van der Waals surface area contributed by atoms with Crippen LogP contribution in [-0.4, -0.2) is 25.1 Å². The van der Waals surface area contributed by atoms with E-state index in [0.717, 1.165) is 37.9 Å². The van der Waals surface area contributed by atoms with Gasteiger partial charge in [-0.2, -0.15) is 0 Å². The number of thiophene rings is 1. The van der Waals surface area contributed by atoms with Crippen LogP contribution in [0.15, 0.2) is 59.3 Å². The molecule has 0 bridgehead atoms. The summed E-state index contributed by atoms with van der Waals surface area (Å²) < 4.78 is 16.3. The van der Waals surface area contributed by atoms with Crippen LogP contribution >= 0.6 is 11.3 Å². The lowest BCUT2D eigenvalue weighted by molar-refractivity contribution is 0.0997. The maximum atomic E-state index is 12.8. The van der Waals surface area contributed by atoms with Crippen LogP contribution in [0.4, 0.5) is 10.8 Å². The summed E-state index contributed by atoms with van der Waals surface area (Å²) in [5.41, 5.74) is 4.07. The Balaban J connectivity index is 1.83. The summed E-state index contributed by atoms with van der Waals surface area (Å²) >= 11 is 1.53. The highest BCUT2D eigenvalue weighted by atomic mass is 32.1. The number of hydrogen-bond donors (Lipinski definition) is 2. The number of furan rings is 1. The van der Waals surface area contributed by atoms with E-state index in [4.69, 9.17) is 13.9 Å². The molecule has 1 amide bonds. The van der Waals surface area contributed by atoms with Gasteiger partial charge in [0.05, 0.1) is 26.5 Å². The molecule has 0 fully saturated rings. The molecule has 1 unspecified atom stereocenters. The number of nitrogens with zero attached hydrogens (tertiary/aromatic N) is 1. The zero-order chi connectivity index (χ0) is 24.2. The van der Waals surface area contributed by atoms with Crippen LogP contribution in [0.25, 0.3) is 0 Å². The van der Waals surface area contributed by atoms with E-state index in [9.17, 15) is 4.79 Å². The quantitative estimate of drug-likeness (QED) is 0.317. The van der Waals surface area contributed by atoms with Crippen molar-refractivity contribution >= 4 is 28.1 Å². The lowest BCUT2D eigenvalue weighted by atomic mass is 9.96. The summed E-state index contributed by atoms with van der Waals surface area (Å²) in [6.45, 7) is 6.12. The third-order valence-electron chi connectivity index (χ3n) is 5.64. The normalized spacial score (nSPS) is 11.7. The molecule has 0 aliphatic carbocycles. The predicted molar refractivity (Wildman–Crippen MR) is 134 cm³/mol. The van der Waals surface area contributed by atoms with Crippen molar-refractivity contribution in [2.24, 2.45) is 0 Å². The van der Waals surface area contributed by atoms with Gasteiger partial charge in [-0.05, 0) is 73.9 Å². The number of pyridine rings is 1. The Morgan fingerprint density at radius 2 is 1.85 bits per heavy atom. The zero-order valence-electron chi connectivity index (χ0n) is 19.8. The fraction of sp³-hybridized carbons (Fsp3) is 0.231. The van der Waals surface area contributed by atoms with Gasteiger partial charge in [-0.15, -0.1) is 11.3 Å². The van der Waals surface area contributed by atoms with E-state index in [1.807, 2.05) is 44.2 Å². The number of aryl methyl sites for hydroxylation is 2. The average Bonchev–Trinajstić information content (AvgIpc) is 3.46. The summed E-state index contributed by atoms with van der Waals surface area (Å²) in [5, 5.41) is 7.36. The Bertz CT molecular complexity index is 1300. The topological polar surface area (TPSA) is 85.6 Å². The van der Waals surface area contributed by atoms with Gasteiger partial charge in [-0.25, -0.2) is 4.98 Å². The van der Waals surface area contributed by atoms with Crippen LogP contribution in [0.3, 0.4) is 0 Å². The number of rotatable bonds is 8. The molecule has 4 aromatic rings. The third kappa shape index (κ3) is 4.77. The van der Waals surface area contributed by atoms with E-state index >= 15 is 0 Å². The first kappa shape index (κ1) is 23.4. The molecule has 0 radical (unpaired) electrons. The van der Waals surface area contributed by atoms with E-state index in [2.05, 4.69) is 22.5 Å². The average molecular weight is 478 g/mol. The molecule has 7 nitrogen and oxygen atoms in total. The van der Waals surface area contributed by atoms with Gasteiger partial charge >= 0.3 is 0 Å². The molecule has 1 atom stereocenters. The third-order valence-corrected chi connectivity index (χ3v) is 6.78. The number of methoxy groups -OCH3 is 2. The first-order chi connectivity index (χ1) is 16.4. The summed E-state index contributed by atoms with van der Waals surface area (Å²) in [6, 6.07) is 12.8. The van der Waals surface area contributed by atoms with Gasteiger partial charge in [0.1, 0.15) is 10.8 Å². The lowest BCUT2D eigenvalue weighted by Gasteiger charge is -2.23. The number of carbonyl (C=O) groups is 1. The number of ether oxygens (including phenoxy) is 2. The fourth-order valence-electron chi connectivity index (χ4n) is 3.78. The van der Waals surface area contributed by atoms with Crippen molar-refractivity contribution in [3.63, 3.8) is 0 Å². The number of anilines is 2. The van der Waals surface area contributed by atoms with Gasteiger partial charge in [0.15, 0.2) is 17.3 Å². The molecule has 34 heavy (non-hydrogen) atoms. The Morgan fingerprint density at radius 3 is 2.53 bits per heavy atom. The number of amides is 1. The lowest BCUT2D eigenvalue weighted by Crippen LogP contribution is -2.18. The summed E-state index contributed by atoms with van der Waals surface area (Å²) in [6.07, 6.45) is 3.26. The van der Waals surface area contributed by atoms with Crippen molar-refractivity contribution in [1.29, 1.82) is 0 Å². The van der Waals surface area contributed by atoms with Crippen LogP contribution in [0.1, 0.15) is 43.7 Å². The smallest absolute Gasteiger partial charge is 0.291 e. The second kappa shape index (κ2) is 10.0. The van der Waals surface area contributed by atoms with Crippen LogP contribution in [0.5, 0.6) is 11.5 Å². The van der Waals surface area contributed by atoms with Crippen molar-refractivity contribution in [2.45, 2.75) is 26.8 Å². The van der Waals surface area contributed by atoms with Crippen LogP contribution < -0.4 is 20.1 Å². The molecule has 0 aliphatic rings. The van der Waals surface area contributed by atoms with E-state index in [0.29, 0.717) is 11.5 Å². The van der Waals surface area contributed by atoms with Crippen molar-refractivity contribution in [3.8, 4) is 11.5 Å². The SMILES string of the molecule is COc1ccc(C(Nc2cc(C)ccn2)c2c(NC(=O)c3ccco3)sc(C)c2C)cc1OC. The van der Waals surface area contributed by atoms with Crippen LogP contribution in [0, 0.1) is 20.8 Å². The number of aromatic nitrogens is 1. The molecule has 3 aromatic heterocycles. The van der Waals surface area contributed by atoms with E-state index in [1.54, 1.807) is 32.5 Å². The van der Waals surface area contributed by atoms with Gasteiger partial charge in [-0.1, -0.05) is 6.07 Å². The highest BCUT2D eigenvalue weighted by Crippen LogP contribution is 2.42. The number of hydrogen-bond acceptors (Lipinski definition) is 7. The minimum absolute atomic E-state index is 0.255. The molecule has 8 heteroatoms. The van der Waals surface area contributed by atoms with Crippen LogP contribution in [-0.2, 0) is 0 Å². The fourth-order valence-corrected chi connectivity index (χ4v) is 4.87. The molecule has 3 heterocycles. The Morgan fingerprint density at radius 1 is 1.06 bits per heavy atom.